The molecule has 0 N–H and O–H groups in total. The molecule has 0 radical (unpaired) electrons. The van der Waals surface area contributed by atoms with E-state index in [4.69, 9.17) is 9.40 Å². The molecule has 0 bridgehead atoms. The second-order valence-electron chi connectivity index (χ2n) is 6.83. The number of hydrogen-bond donors (Lipinski definition) is 0. The topological polar surface area (TPSA) is 47.5 Å². The summed E-state index contributed by atoms with van der Waals surface area (Å²) in [6.07, 6.45) is 0. The molecule has 3 heterocycles. The zero-order chi connectivity index (χ0) is 18.7. The standard InChI is InChI=1S/C24H14N2O2/c27-24-22-18(14-20(28-22)15-8-3-1-4-9-15)17-12-7-13-19-21(17)26(24)23(25-19)16-10-5-2-6-11-16/h1-14H. The predicted molar refractivity (Wildman–Crippen MR) is 111 cm³/mol. The van der Waals surface area contributed by atoms with Gasteiger partial charge in [-0.2, -0.15) is 0 Å². The maximum atomic E-state index is 13.4. The first-order chi connectivity index (χ1) is 13.8. The van der Waals surface area contributed by atoms with Gasteiger partial charge in [-0.25, -0.2) is 4.98 Å². The van der Waals surface area contributed by atoms with Crippen molar-refractivity contribution in [2.24, 2.45) is 0 Å². The van der Waals surface area contributed by atoms with Crippen molar-refractivity contribution in [3.8, 4) is 22.7 Å². The smallest absolute Gasteiger partial charge is 0.300 e. The van der Waals surface area contributed by atoms with Gasteiger partial charge in [-0.1, -0.05) is 72.8 Å². The summed E-state index contributed by atoms with van der Waals surface area (Å²) in [4.78, 5) is 18.2. The Balaban J connectivity index is 1.78. The third-order valence-corrected chi connectivity index (χ3v) is 5.19. The molecule has 0 saturated carbocycles. The fourth-order valence-electron chi connectivity index (χ4n) is 3.92. The monoisotopic (exact) mass is 362 g/mol. The van der Waals surface area contributed by atoms with E-state index in [1.165, 1.54) is 0 Å². The van der Waals surface area contributed by atoms with Crippen molar-refractivity contribution in [3.63, 3.8) is 0 Å². The van der Waals surface area contributed by atoms with Gasteiger partial charge in [0.1, 0.15) is 11.6 Å². The highest BCUT2D eigenvalue weighted by Crippen LogP contribution is 2.34. The first-order valence-corrected chi connectivity index (χ1v) is 9.12. The fraction of sp³-hybridized carbons (Fsp3) is 0. The van der Waals surface area contributed by atoms with Gasteiger partial charge in [0.2, 0.25) is 5.58 Å². The number of pyridine rings is 1. The van der Waals surface area contributed by atoms with Gasteiger partial charge in [0.05, 0.1) is 11.0 Å². The highest BCUT2D eigenvalue weighted by atomic mass is 16.3. The molecule has 0 aliphatic heterocycles. The zero-order valence-electron chi connectivity index (χ0n) is 14.8. The average Bonchev–Trinajstić information content (AvgIpc) is 3.37. The molecule has 0 amide bonds. The number of aromatic nitrogens is 2. The minimum absolute atomic E-state index is 0.183. The van der Waals surface area contributed by atoms with Crippen molar-refractivity contribution in [1.82, 2.24) is 9.38 Å². The molecule has 0 fully saturated rings. The van der Waals surface area contributed by atoms with Crippen LogP contribution in [-0.4, -0.2) is 9.38 Å². The van der Waals surface area contributed by atoms with E-state index in [0.29, 0.717) is 17.2 Å². The van der Waals surface area contributed by atoms with Crippen LogP contribution >= 0.6 is 0 Å². The van der Waals surface area contributed by atoms with Gasteiger partial charge < -0.3 is 4.42 Å². The van der Waals surface area contributed by atoms with E-state index in [9.17, 15) is 4.79 Å². The highest BCUT2D eigenvalue weighted by Gasteiger charge is 2.21. The Labute approximate surface area is 159 Å². The van der Waals surface area contributed by atoms with E-state index in [0.717, 1.165) is 32.9 Å². The van der Waals surface area contributed by atoms with Crippen LogP contribution in [0.25, 0.3) is 50.1 Å². The third kappa shape index (κ3) is 2.00. The summed E-state index contributed by atoms with van der Waals surface area (Å²) in [5.74, 6) is 1.33. The number of rotatable bonds is 2. The second kappa shape index (κ2) is 5.54. The molecule has 3 aromatic heterocycles. The van der Waals surface area contributed by atoms with Crippen molar-refractivity contribution in [3.05, 3.63) is 95.3 Å². The molecule has 0 unspecified atom stereocenters. The minimum atomic E-state index is -0.183. The van der Waals surface area contributed by atoms with Crippen LogP contribution in [-0.2, 0) is 0 Å². The SMILES string of the molecule is O=c1c2oc(-c3ccccc3)cc2c2cccc3nc(-c4ccccc4)n1c32. The van der Waals surface area contributed by atoms with E-state index < -0.39 is 0 Å². The Kier molecular flexibility index (Phi) is 3.00. The number of hydrogen-bond acceptors (Lipinski definition) is 3. The molecule has 132 valence electrons. The molecule has 3 aromatic carbocycles. The van der Waals surface area contributed by atoms with Crippen LogP contribution in [0.2, 0.25) is 0 Å². The van der Waals surface area contributed by atoms with E-state index in [-0.39, 0.29) is 5.56 Å². The number of imidazole rings is 1. The molecule has 6 aromatic rings. The fourth-order valence-corrected chi connectivity index (χ4v) is 3.92. The lowest BCUT2D eigenvalue weighted by Gasteiger charge is -2.03. The molecule has 0 saturated heterocycles. The lowest BCUT2D eigenvalue weighted by atomic mass is 10.1. The van der Waals surface area contributed by atoms with Crippen molar-refractivity contribution in [1.29, 1.82) is 0 Å². The Bertz CT molecular complexity index is 1510. The summed E-state index contributed by atoms with van der Waals surface area (Å²) in [5.41, 5.74) is 3.66. The zero-order valence-corrected chi connectivity index (χ0v) is 14.8. The molecular formula is C24H14N2O2. The molecule has 4 nitrogen and oxygen atoms in total. The molecule has 0 spiro atoms. The molecule has 0 atom stereocenters. The Hall–Kier alpha value is -3.92. The molecule has 28 heavy (non-hydrogen) atoms. The van der Waals surface area contributed by atoms with Gasteiger partial charge in [0, 0.05) is 21.9 Å². The quantitative estimate of drug-likeness (QED) is 0.416. The number of fused-ring (bicyclic) bond motifs is 2. The van der Waals surface area contributed by atoms with Crippen LogP contribution in [0.3, 0.4) is 0 Å². The third-order valence-electron chi connectivity index (χ3n) is 5.19. The van der Waals surface area contributed by atoms with Crippen molar-refractivity contribution < 1.29 is 4.42 Å². The molecule has 0 aliphatic carbocycles. The van der Waals surface area contributed by atoms with E-state index in [2.05, 4.69) is 0 Å². The summed E-state index contributed by atoms with van der Waals surface area (Å²) >= 11 is 0. The predicted octanol–water partition coefficient (Wildman–Crippen LogP) is 5.37. The van der Waals surface area contributed by atoms with Crippen LogP contribution in [0.15, 0.2) is 94.1 Å². The Morgan fingerprint density at radius 1 is 0.750 bits per heavy atom. The maximum Gasteiger partial charge on any atom is 0.300 e. The lowest BCUT2D eigenvalue weighted by Crippen LogP contribution is -2.13. The van der Waals surface area contributed by atoms with Crippen LogP contribution in [0.4, 0.5) is 0 Å². The van der Waals surface area contributed by atoms with Crippen molar-refractivity contribution in [2.45, 2.75) is 0 Å². The van der Waals surface area contributed by atoms with Crippen LogP contribution in [0.1, 0.15) is 0 Å². The van der Waals surface area contributed by atoms with Crippen LogP contribution in [0.5, 0.6) is 0 Å². The molecule has 6 rings (SSSR count). The summed E-state index contributed by atoms with van der Waals surface area (Å²) < 4.78 is 7.74. The van der Waals surface area contributed by atoms with Gasteiger partial charge in [0.25, 0.3) is 0 Å². The first kappa shape index (κ1) is 15.2. The number of benzene rings is 3. The second-order valence-corrected chi connectivity index (χ2v) is 6.83. The van der Waals surface area contributed by atoms with Gasteiger partial charge >= 0.3 is 5.56 Å². The number of furan rings is 1. The summed E-state index contributed by atoms with van der Waals surface area (Å²) in [5, 5.41) is 1.79. The minimum Gasteiger partial charge on any atom is -0.450 e. The number of nitrogens with zero attached hydrogens (tertiary/aromatic N) is 2. The number of para-hydroxylation sites is 1. The van der Waals surface area contributed by atoms with Gasteiger partial charge in [-0.05, 0) is 12.1 Å². The first-order valence-electron chi connectivity index (χ1n) is 9.12. The summed E-state index contributed by atoms with van der Waals surface area (Å²) in [6, 6.07) is 27.5. The van der Waals surface area contributed by atoms with E-state index >= 15 is 0 Å². The van der Waals surface area contributed by atoms with Crippen molar-refractivity contribution in [2.75, 3.05) is 0 Å². The maximum absolute atomic E-state index is 13.4. The van der Waals surface area contributed by atoms with Crippen molar-refractivity contribution >= 4 is 27.4 Å². The van der Waals surface area contributed by atoms with Gasteiger partial charge in [-0.15, -0.1) is 0 Å². The molecule has 0 aliphatic rings. The van der Waals surface area contributed by atoms with E-state index in [1.807, 2.05) is 84.9 Å². The van der Waals surface area contributed by atoms with Gasteiger partial charge in [0.15, 0.2) is 0 Å². The normalized spacial score (nSPS) is 11.7. The van der Waals surface area contributed by atoms with Crippen LogP contribution in [0, 0.1) is 0 Å². The summed E-state index contributed by atoms with van der Waals surface area (Å²) in [7, 11) is 0. The largest absolute Gasteiger partial charge is 0.450 e. The highest BCUT2D eigenvalue weighted by molar-refractivity contribution is 6.11. The molecular weight excluding hydrogens is 348 g/mol. The Morgan fingerprint density at radius 3 is 2.21 bits per heavy atom. The van der Waals surface area contributed by atoms with Gasteiger partial charge in [-0.3, -0.25) is 9.20 Å². The Morgan fingerprint density at radius 2 is 1.46 bits per heavy atom. The van der Waals surface area contributed by atoms with Crippen LogP contribution < -0.4 is 5.56 Å². The average molecular weight is 362 g/mol. The summed E-state index contributed by atoms with van der Waals surface area (Å²) in [6.45, 7) is 0. The lowest BCUT2D eigenvalue weighted by molar-refractivity contribution is 0.625. The molecule has 4 heteroatoms. The van der Waals surface area contributed by atoms with E-state index in [1.54, 1.807) is 4.40 Å².